The number of phenolic OH excluding ortho intramolecular Hbond substituents is 1. The quantitative estimate of drug-likeness (QED) is 0.440. The molecular weight excluding hydrogens is 412 g/mol. The van der Waals surface area contributed by atoms with E-state index in [4.69, 9.17) is 16.3 Å². The Morgan fingerprint density at radius 2 is 1.81 bits per heavy atom. The molecule has 0 bridgehead atoms. The molecular formula is C25H21ClN2O3. The van der Waals surface area contributed by atoms with Crippen molar-refractivity contribution in [3.8, 4) is 11.5 Å². The van der Waals surface area contributed by atoms with Crippen molar-refractivity contribution in [3.05, 3.63) is 101 Å². The van der Waals surface area contributed by atoms with E-state index in [0.29, 0.717) is 27.2 Å². The van der Waals surface area contributed by atoms with Gasteiger partial charge in [-0.15, -0.1) is 0 Å². The summed E-state index contributed by atoms with van der Waals surface area (Å²) in [5.74, 6) is 0.261. The first kappa shape index (κ1) is 20.7. The van der Waals surface area contributed by atoms with Crippen molar-refractivity contribution in [2.45, 2.75) is 13.0 Å². The molecule has 0 radical (unpaired) electrons. The summed E-state index contributed by atoms with van der Waals surface area (Å²) in [7, 11) is 0. The predicted octanol–water partition coefficient (Wildman–Crippen LogP) is 5.19. The van der Waals surface area contributed by atoms with Crippen LogP contribution in [0.3, 0.4) is 0 Å². The fourth-order valence-electron chi connectivity index (χ4n) is 3.53. The van der Waals surface area contributed by atoms with Gasteiger partial charge in [-0.3, -0.25) is 9.78 Å². The normalized spacial score (nSPS) is 11.8. The van der Waals surface area contributed by atoms with Gasteiger partial charge in [0.25, 0.3) is 5.91 Å². The van der Waals surface area contributed by atoms with Crippen molar-refractivity contribution < 1.29 is 14.6 Å². The summed E-state index contributed by atoms with van der Waals surface area (Å²) >= 11 is 6.49. The molecule has 1 amide bonds. The number of phenols is 1. The van der Waals surface area contributed by atoms with E-state index < -0.39 is 6.04 Å². The van der Waals surface area contributed by atoms with Gasteiger partial charge < -0.3 is 15.2 Å². The molecule has 1 unspecified atom stereocenters. The van der Waals surface area contributed by atoms with E-state index in [-0.39, 0.29) is 18.3 Å². The molecule has 2 N–H and O–H groups in total. The second-order valence-electron chi connectivity index (χ2n) is 7.15. The Bertz CT molecular complexity index is 1230. The number of halogens is 1. The maximum absolute atomic E-state index is 12.8. The lowest BCUT2D eigenvalue weighted by Gasteiger charge is -2.23. The lowest BCUT2D eigenvalue weighted by atomic mass is 9.93. The maximum Gasteiger partial charge on any atom is 0.258 e. The highest BCUT2D eigenvalue weighted by molar-refractivity contribution is 6.35. The summed E-state index contributed by atoms with van der Waals surface area (Å²) in [6.07, 6.45) is 1.59. The van der Waals surface area contributed by atoms with Crippen LogP contribution in [0.4, 0.5) is 0 Å². The number of aryl methyl sites for hydroxylation is 1. The summed E-state index contributed by atoms with van der Waals surface area (Å²) in [5.41, 5.74) is 2.67. The number of hydrogen-bond donors (Lipinski definition) is 2. The third kappa shape index (κ3) is 4.47. The van der Waals surface area contributed by atoms with Crippen molar-refractivity contribution in [3.63, 3.8) is 0 Å². The molecule has 0 aliphatic carbocycles. The number of para-hydroxylation sites is 1. The number of hydrogen-bond acceptors (Lipinski definition) is 4. The van der Waals surface area contributed by atoms with Gasteiger partial charge in [-0.2, -0.15) is 0 Å². The number of carbonyl (C=O) groups excluding carboxylic acids is 1. The van der Waals surface area contributed by atoms with E-state index in [9.17, 15) is 9.90 Å². The minimum absolute atomic E-state index is 0.0162. The van der Waals surface area contributed by atoms with Crippen LogP contribution in [0.15, 0.2) is 79.0 Å². The highest BCUT2D eigenvalue weighted by Crippen LogP contribution is 2.39. The molecule has 0 fully saturated rings. The van der Waals surface area contributed by atoms with Gasteiger partial charge in [0.2, 0.25) is 0 Å². The number of rotatable bonds is 6. The Morgan fingerprint density at radius 3 is 2.58 bits per heavy atom. The summed E-state index contributed by atoms with van der Waals surface area (Å²) in [5, 5.41) is 15.1. The third-order valence-electron chi connectivity index (χ3n) is 5.07. The van der Waals surface area contributed by atoms with Crippen LogP contribution in [0.5, 0.6) is 11.5 Å². The van der Waals surface area contributed by atoms with Gasteiger partial charge in [0, 0.05) is 17.1 Å². The summed E-state index contributed by atoms with van der Waals surface area (Å²) in [6, 6.07) is 21.4. The summed E-state index contributed by atoms with van der Waals surface area (Å²) in [6.45, 7) is 1.79. The van der Waals surface area contributed by atoms with Crippen LogP contribution in [0.1, 0.15) is 22.7 Å². The monoisotopic (exact) mass is 432 g/mol. The van der Waals surface area contributed by atoms with Crippen molar-refractivity contribution in [1.82, 2.24) is 10.3 Å². The lowest BCUT2D eigenvalue weighted by Crippen LogP contribution is -2.33. The summed E-state index contributed by atoms with van der Waals surface area (Å²) < 4.78 is 5.58. The van der Waals surface area contributed by atoms with Gasteiger partial charge in [0.15, 0.2) is 6.61 Å². The molecule has 6 heteroatoms. The van der Waals surface area contributed by atoms with E-state index in [1.807, 2.05) is 49.4 Å². The Hall–Kier alpha value is -3.57. The first-order chi connectivity index (χ1) is 15.0. The molecule has 4 rings (SSSR count). The van der Waals surface area contributed by atoms with Gasteiger partial charge in [-0.05, 0) is 48.4 Å². The number of pyridine rings is 1. The molecule has 1 aromatic heterocycles. The molecule has 0 aliphatic rings. The van der Waals surface area contributed by atoms with Crippen LogP contribution < -0.4 is 10.1 Å². The van der Waals surface area contributed by atoms with Gasteiger partial charge in [-0.25, -0.2) is 0 Å². The van der Waals surface area contributed by atoms with Crippen molar-refractivity contribution >= 4 is 28.4 Å². The number of aromatic nitrogens is 1. The summed E-state index contributed by atoms with van der Waals surface area (Å²) in [4.78, 5) is 17.1. The maximum atomic E-state index is 12.8. The zero-order valence-corrected chi connectivity index (χ0v) is 17.6. The average molecular weight is 433 g/mol. The average Bonchev–Trinajstić information content (AvgIpc) is 2.80. The molecule has 5 nitrogen and oxygen atoms in total. The molecule has 31 heavy (non-hydrogen) atoms. The smallest absolute Gasteiger partial charge is 0.258 e. The van der Waals surface area contributed by atoms with E-state index in [1.54, 1.807) is 36.5 Å². The number of ether oxygens (including phenoxy) is 1. The Morgan fingerprint density at radius 1 is 1.06 bits per heavy atom. The second-order valence-corrected chi connectivity index (χ2v) is 7.56. The van der Waals surface area contributed by atoms with E-state index in [2.05, 4.69) is 10.3 Å². The molecule has 1 heterocycles. The molecule has 3 aromatic carbocycles. The van der Waals surface area contributed by atoms with Crippen LogP contribution in [-0.2, 0) is 4.79 Å². The SMILES string of the molecule is Cc1ccccc1C(NC(=O)COc1ccccc1)c1cc(Cl)c2cccnc2c1O. The lowest BCUT2D eigenvalue weighted by molar-refractivity contribution is -0.123. The molecule has 0 saturated carbocycles. The van der Waals surface area contributed by atoms with Crippen LogP contribution in [0, 0.1) is 6.92 Å². The minimum Gasteiger partial charge on any atom is -0.505 e. The zero-order chi connectivity index (χ0) is 21.8. The molecule has 0 aliphatic heterocycles. The zero-order valence-electron chi connectivity index (χ0n) is 16.9. The van der Waals surface area contributed by atoms with E-state index in [0.717, 1.165) is 11.1 Å². The Labute approximate surface area is 185 Å². The molecule has 0 spiro atoms. The van der Waals surface area contributed by atoms with Gasteiger partial charge in [0.1, 0.15) is 17.0 Å². The number of nitrogens with zero attached hydrogens (tertiary/aromatic N) is 1. The fourth-order valence-corrected chi connectivity index (χ4v) is 3.80. The van der Waals surface area contributed by atoms with Crippen molar-refractivity contribution in [1.29, 1.82) is 0 Å². The van der Waals surface area contributed by atoms with Crippen LogP contribution in [0.25, 0.3) is 10.9 Å². The minimum atomic E-state index is -0.628. The third-order valence-corrected chi connectivity index (χ3v) is 5.39. The first-order valence-corrected chi connectivity index (χ1v) is 10.2. The number of carbonyl (C=O) groups is 1. The standard InChI is InChI=1S/C25H21ClN2O3/c1-16-8-5-6-11-18(16)23(28-22(29)15-31-17-9-3-2-4-10-17)20-14-21(26)19-12-7-13-27-24(19)25(20)30/h2-14,23,30H,15H2,1H3,(H,28,29). The van der Waals surface area contributed by atoms with Crippen LogP contribution in [-0.4, -0.2) is 22.6 Å². The van der Waals surface area contributed by atoms with Crippen LogP contribution >= 0.6 is 11.6 Å². The van der Waals surface area contributed by atoms with Crippen LogP contribution in [0.2, 0.25) is 5.02 Å². The van der Waals surface area contributed by atoms with Crippen molar-refractivity contribution in [2.75, 3.05) is 6.61 Å². The first-order valence-electron chi connectivity index (χ1n) is 9.83. The largest absolute Gasteiger partial charge is 0.505 e. The Kier molecular flexibility index (Phi) is 6.05. The number of aromatic hydroxyl groups is 1. The number of benzene rings is 3. The number of amides is 1. The molecule has 0 saturated heterocycles. The van der Waals surface area contributed by atoms with E-state index in [1.165, 1.54) is 0 Å². The predicted molar refractivity (Wildman–Crippen MR) is 122 cm³/mol. The van der Waals surface area contributed by atoms with Gasteiger partial charge >= 0.3 is 0 Å². The Balaban J connectivity index is 1.71. The van der Waals surface area contributed by atoms with E-state index >= 15 is 0 Å². The highest BCUT2D eigenvalue weighted by atomic mass is 35.5. The molecule has 1 atom stereocenters. The second kappa shape index (κ2) is 9.06. The van der Waals surface area contributed by atoms with Crippen molar-refractivity contribution in [2.24, 2.45) is 0 Å². The topological polar surface area (TPSA) is 71.5 Å². The molecule has 156 valence electrons. The highest BCUT2D eigenvalue weighted by Gasteiger charge is 2.24. The van der Waals surface area contributed by atoms with Gasteiger partial charge in [-0.1, -0.05) is 54.1 Å². The number of fused-ring (bicyclic) bond motifs is 1. The number of nitrogens with one attached hydrogen (secondary N) is 1. The fraction of sp³-hybridized carbons (Fsp3) is 0.120. The molecule has 4 aromatic rings. The van der Waals surface area contributed by atoms with Gasteiger partial charge in [0.05, 0.1) is 11.1 Å².